The standard InChI is InChI=1S/C26H31N7O2/c1-26(8-9-26)15-29-25-28-13-20-19(12-27-23(20)32-25)16-7-10-33-22(11-16)21(14-30-33)24(34)31-17-3-5-18(35-2)6-4-17/h7,10-14,17-18H,3-6,8-9,15H2,1-2H3,(H,31,34)(H2,27,28,29,32). The number of methoxy groups -OCH3 is 1. The SMILES string of the molecule is COC1CCC(NC(=O)c2cnn3ccc(-c4c[nH]c5nc(NCC6(C)CC6)ncc45)cc23)CC1. The van der Waals surface area contributed by atoms with Gasteiger partial charge in [-0.15, -0.1) is 0 Å². The van der Waals surface area contributed by atoms with Crippen LogP contribution >= 0.6 is 0 Å². The Morgan fingerprint density at radius 2 is 2.09 bits per heavy atom. The molecule has 4 aromatic heterocycles. The molecule has 9 nitrogen and oxygen atoms in total. The third kappa shape index (κ3) is 4.36. The molecule has 2 aliphatic rings. The van der Waals surface area contributed by atoms with Crippen LogP contribution in [0.4, 0.5) is 5.95 Å². The van der Waals surface area contributed by atoms with Gasteiger partial charge in [-0.3, -0.25) is 4.79 Å². The summed E-state index contributed by atoms with van der Waals surface area (Å²) in [4.78, 5) is 25.6. The first-order valence-electron chi connectivity index (χ1n) is 12.4. The van der Waals surface area contributed by atoms with Crippen LogP contribution in [0.3, 0.4) is 0 Å². The van der Waals surface area contributed by atoms with Crippen molar-refractivity contribution in [3.05, 3.63) is 42.5 Å². The predicted octanol–water partition coefficient (Wildman–Crippen LogP) is 4.17. The van der Waals surface area contributed by atoms with Crippen LogP contribution in [-0.2, 0) is 4.74 Å². The number of rotatable bonds is 7. The second-order valence-corrected chi connectivity index (χ2v) is 10.3. The number of hydrogen-bond acceptors (Lipinski definition) is 6. The Hall–Kier alpha value is -3.46. The van der Waals surface area contributed by atoms with E-state index in [-0.39, 0.29) is 11.9 Å². The summed E-state index contributed by atoms with van der Waals surface area (Å²) in [6.45, 7) is 3.17. The summed E-state index contributed by atoms with van der Waals surface area (Å²) in [7, 11) is 1.76. The van der Waals surface area contributed by atoms with Crippen molar-refractivity contribution in [2.75, 3.05) is 19.0 Å². The Morgan fingerprint density at radius 1 is 1.26 bits per heavy atom. The van der Waals surface area contributed by atoms with Gasteiger partial charge in [0.15, 0.2) is 0 Å². The molecule has 35 heavy (non-hydrogen) atoms. The topological polar surface area (TPSA) is 109 Å². The summed E-state index contributed by atoms with van der Waals surface area (Å²) in [6, 6.07) is 4.17. The summed E-state index contributed by atoms with van der Waals surface area (Å²) in [5.74, 6) is 0.559. The average Bonchev–Trinajstić information content (AvgIpc) is 3.28. The van der Waals surface area contributed by atoms with Gasteiger partial charge in [-0.2, -0.15) is 10.1 Å². The van der Waals surface area contributed by atoms with Crippen LogP contribution in [0.2, 0.25) is 0 Å². The van der Waals surface area contributed by atoms with Gasteiger partial charge in [0.25, 0.3) is 5.91 Å². The van der Waals surface area contributed by atoms with Gasteiger partial charge in [0, 0.05) is 49.2 Å². The van der Waals surface area contributed by atoms with Crippen LogP contribution in [-0.4, -0.2) is 56.3 Å². The minimum atomic E-state index is -0.0830. The predicted molar refractivity (Wildman–Crippen MR) is 134 cm³/mol. The van der Waals surface area contributed by atoms with Gasteiger partial charge >= 0.3 is 0 Å². The van der Waals surface area contributed by atoms with Crippen molar-refractivity contribution >= 4 is 28.4 Å². The summed E-state index contributed by atoms with van der Waals surface area (Å²) < 4.78 is 7.19. The van der Waals surface area contributed by atoms with E-state index < -0.39 is 0 Å². The third-order valence-corrected chi connectivity index (χ3v) is 7.63. The minimum absolute atomic E-state index is 0.0830. The molecule has 0 spiro atoms. The van der Waals surface area contributed by atoms with Crippen LogP contribution in [0.5, 0.6) is 0 Å². The van der Waals surface area contributed by atoms with E-state index in [1.54, 1.807) is 17.8 Å². The van der Waals surface area contributed by atoms with E-state index in [1.165, 1.54) is 12.8 Å². The number of amides is 1. The molecule has 1 amide bonds. The Balaban J connectivity index is 1.23. The van der Waals surface area contributed by atoms with Gasteiger partial charge in [-0.05, 0) is 61.6 Å². The third-order valence-electron chi connectivity index (χ3n) is 7.63. The Kier molecular flexibility index (Phi) is 5.44. The molecule has 2 aliphatic carbocycles. The van der Waals surface area contributed by atoms with E-state index in [0.29, 0.717) is 23.0 Å². The number of aromatic nitrogens is 5. The summed E-state index contributed by atoms with van der Waals surface area (Å²) in [5, 5.41) is 11.9. The van der Waals surface area contributed by atoms with Gasteiger partial charge in [-0.25, -0.2) is 9.50 Å². The molecule has 0 aliphatic heterocycles. The highest BCUT2D eigenvalue weighted by Gasteiger charge is 2.37. The summed E-state index contributed by atoms with van der Waals surface area (Å²) in [5.41, 5.74) is 4.50. The van der Waals surface area contributed by atoms with E-state index in [0.717, 1.165) is 59.9 Å². The number of fused-ring (bicyclic) bond motifs is 2. The lowest BCUT2D eigenvalue weighted by Crippen LogP contribution is -2.38. The van der Waals surface area contributed by atoms with Crippen molar-refractivity contribution in [3.63, 3.8) is 0 Å². The lowest BCUT2D eigenvalue weighted by molar-refractivity contribution is 0.0599. The van der Waals surface area contributed by atoms with E-state index in [9.17, 15) is 4.79 Å². The molecule has 6 rings (SSSR count). The van der Waals surface area contributed by atoms with Gasteiger partial charge in [0.2, 0.25) is 5.95 Å². The molecule has 0 bridgehead atoms. The zero-order valence-electron chi connectivity index (χ0n) is 20.2. The summed E-state index contributed by atoms with van der Waals surface area (Å²) >= 11 is 0. The maximum absolute atomic E-state index is 13.1. The van der Waals surface area contributed by atoms with Crippen molar-refractivity contribution in [1.82, 2.24) is 29.9 Å². The number of nitrogens with one attached hydrogen (secondary N) is 3. The molecule has 0 unspecified atom stereocenters. The number of anilines is 1. The fraction of sp³-hybridized carbons (Fsp3) is 0.462. The minimum Gasteiger partial charge on any atom is -0.381 e. The van der Waals surface area contributed by atoms with Crippen molar-refractivity contribution in [1.29, 1.82) is 0 Å². The van der Waals surface area contributed by atoms with Crippen LogP contribution in [0, 0.1) is 5.41 Å². The molecule has 9 heteroatoms. The fourth-order valence-corrected chi connectivity index (χ4v) is 4.94. The number of H-pyrrole nitrogens is 1. The number of carbonyl (C=O) groups is 1. The quantitative estimate of drug-likeness (QED) is 0.372. The second-order valence-electron chi connectivity index (χ2n) is 10.3. The molecule has 0 radical (unpaired) electrons. The lowest BCUT2D eigenvalue weighted by Gasteiger charge is -2.28. The van der Waals surface area contributed by atoms with Crippen molar-refractivity contribution in [2.24, 2.45) is 5.41 Å². The van der Waals surface area contributed by atoms with E-state index in [2.05, 4.69) is 37.6 Å². The van der Waals surface area contributed by atoms with Gasteiger partial charge < -0.3 is 20.4 Å². The highest BCUT2D eigenvalue weighted by molar-refractivity contribution is 6.02. The number of hydrogen-bond donors (Lipinski definition) is 3. The molecule has 3 N–H and O–H groups in total. The van der Waals surface area contributed by atoms with Crippen LogP contribution in [0.1, 0.15) is 55.8 Å². The van der Waals surface area contributed by atoms with Crippen molar-refractivity contribution < 1.29 is 9.53 Å². The number of carbonyl (C=O) groups excluding carboxylic acids is 1. The average molecular weight is 474 g/mol. The molecule has 182 valence electrons. The lowest BCUT2D eigenvalue weighted by atomic mass is 9.93. The number of pyridine rings is 1. The number of ether oxygens (including phenoxy) is 1. The molecule has 0 saturated heterocycles. The maximum Gasteiger partial charge on any atom is 0.255 e. The second kappa shape index (κ2) is 8.64. The molecule has 0 atom stereocenters. The molecule has 2 saturated carbocycles. The molecular weight excluding hydrogens is 442 g/mol. The van der Waals surface area contributed by atoms with Crippen molar-refractivity contribution in [3.8, 4) is 11.1 Å². The molecular formula is C26H31N7O2. The van der Waals surface area contributed by atoms with Crippen LogP contribution in [0.15, 0.2) is 36.9 Å². The maximum atomic E-state index is 13.1. The monoisotopic (exact) mass is 473 g/mol. The Morgan fingerprint density at radius 3 is 2.86 bits per heavy atom. The first-order valence-corrected chi connectivity index (χ1v) is 12.4. The Labute approximate surface area is 203 Å². The van der Waals surface area contributed by atoms with Gasteiger partial charge in [0.1, 0.15) is 5.65 Å². The summed E-state index contributed by atoms with van der Waals surface area (Å²) in [6.07, 6.45) is 13.9. The number of aromatic amines is 1. The smallest absolute Gasteiger partial charge is 0.255 e. The zero-order valence-corrected chi connectivity index (χ0v) is 20.2. The molecule has 4 heterocycles. The zero-order chi connectivity index (χ0) is 24.0. The molecule has 4 aromatic rings. The first kappa shape index (κ1) is 22.0. The highest BCUT2D eigenvalue weighted by Crippen LogP contribution is 2.44. The van der Waals surface area contributed by atoms with E-state index in [4.69, 9.17) is 4.74 Å². The van der Waals surface area contributed by atoms with E-state index in [1.807, 2.05) is 30.7 Å². The van der Waals surface area contributed by atoms with Crippen LogP contribution in [0.25, 0.3) is 27.7 Å². The molecule has 0 aromatic carbocycles. The van der Waals surface area contributed by atoms with E-state index >= 15 is 0 Å². The normalized spacial score (nSPS) is 21.3. The van der Waals surface area contributed by atoms with Crippen LogP contribution < -0.4 is 10.6 Å². The largest absolute Gasteiger partial charge is 0.381 e. The number of nitrogens with zero attached hydrogens (tertiary/aromatic N) is 4. The van der Waals surface area contributed by atoms with Crippen molar-refractivity contribution in [2.45, 2.75) is 57.6 Å². The Bertz CT molecular complexity index is 1380. The molecule has 2 fully saturated rings. The fourth-order valence-electron chi connectivity index (χ4n) is 4.94. The first-order chi connectivity index (χ1) is 17.0. The van der Waals surface area contributed by atoms with Gasteiger partial charge in [-0.1, -0.05) is 6.92 Å². The van der Waals surface area contributed by atoms with Gasteiger partial charge in [0.05, 0.1) is 23.4 Å². The highest BCUT2D eigenvalue weighted by atomic mass is 16.5.